The van der Waals surface area contributed by atoms with E-state index in [0.717, 1.165) is 0 Å². The molecular weight excluding hydrogens is 769 g/mol. The number of hydrogen-bond donors (Lipinski definition) is 0. The second-order valence-electron chi connectivity index (χ2n) is 20.2. The smallest absolute Gasteiger partial charge is 0.000695 e. The third kappa shape index (κ3) is 4.54. The van der Waals surface area contributed by atoms with Crippen molar-refractivity contribution in [2.45, 2.75) is 83.1 Å². The minimum atomic E-state index is 1.32. The number of aryl methyl sites for hydroxylation is 12. The fourth-order valence-corrected chi connectivity index (χ4v) is 14.1. The third-order valence-corrected chi connectivity index (χ3v) is 15.7. The lowest BCUT2D eigenvalue weighted by Crippen LogP contribution is -1.91. The van der Waals surface area contributed by atoms with Gasteiger partial charge in [-0.25, -0.2) is 0 Å². The molecule has 0 aromatic heterocycles. The summed E-state index contributed by atoms with van der Waals surface area (Å²) in [5, 5.41) is 22.3. The Labute approximate surface area is 375 Å². The van der Waals surface area contributed by atoms with Crippen molar-refractivity contribution in [3.8, 4) is 44.5 Å². The second kappa shape index (κ2) is 12.5. The lowest BCUT2D eigenvalue weighted by atomic mass is 9.90. The predicted molar refractivity (Wildman–Crippen MR) is 281 cm³/mol. The average molecular weight is 821 g/mol. The lowest BCUT2D eigenvalue weighted by Gasteiger charge is -2.14. The van der Waals surface area contributed by atoms with Crippen LogP contribution in [0.1, 0.15) is 66.8 Å². The molecule has 0 saturated heterocycles. The van der Waals surface area contributed by atoms with E-state index in [9.17, 15) is 0 Å². The van der Waals surface area contributed by atoms with Gasteiger partial charge in [0, 0.05) is 0 Å². The Hall–Kier alpha value is -6.76. The Balaban J connectivity index is 1.39. The summed E-state index contributed by atoms with van der Waals surface area (Å²) >= 11 is 0. The molecule has 0 nitrogen and oxygen atoms in total. The molecule has 0 radical (unpaired) electrons. The zero-order valence-corrected chi connectivity index (χ0v) is 39.2. The highest BCUT2D eigenvalue weighted by atomic mass is 14.4. The first-order chi connectivity index (χ1) is 30.7. The van der Waals surface area contributed by atoms with Crippen LogP contribution in [0, 0.1) is 83.1 Å². The molecule has 0 aliphatic heterocycles. The normalized spacial score (nSPS) is 12.7. The second-order valence-corrected chi connectivity index (χ2v) is 20.2. The summed E-state index contributed by atoms with van der Waals surface area (Å²) in [4.78, 5) is 0. The first-order valence-corrected chi connectivity index (χ1v) is 23.3. The van der Waals surface area contributed by atoms with Crippen molar-refractivity contribution in [3.63, 3.8) is 0 Å². The molecule has 0 fully saturated rings. The van der Waals surface area contributed by atoms with E-state index in [0.29, 0.717) is 0 Å². The Morgan fingerprint density at radius 3 is 0.422 bits per heavy atom. The van der Waals surface area contributed by atoms with Gasteiger partial charge in [-0.1, -0.05) is 119 Å². The van der Waals surface area contributed by atoms with Crippen LogP contribution in [0.2, 0.25) is 0 Å². The van der Waals surface area contributed by atoms with Gasteiger partial charge in [0.25, 0.3) is 0 Å². The molecule has 0 heteroatoms. The lowest BCUT2D eigenvalue weighted by molar-refractivity contribution is 1.33. The summed E-state index contributed by atoms with van der Waals surface area (Å²) in [5.41, 5.74) is 27.0. The molecule has 0 aliphatic carbocycles. The van der Waals surface area contributed by atoms with Gasteiger partial charge in [0.05, 0.1) is 0 Å². The minimum absolute atomic E-state index is 1.32. The van der Waals surface area contributed by atoms with E-state index in [2.05, 4.69) is 180 Å². The summed E-state index contributed by atoms with van der Waals surface area (Å²) in [6.45, 7) is 27.6. The maximum atomic E-state index is 2.50. The first kappa shape index (κ1) is 37.8. The van der Waals surface area contributed by atoms with Crippen LogP contribution in [0.4, 0.5) is 0 Å². The average Bonchev–Trinajstić information content (AvgIpc) is 3.92. The number of benzene rings is 8. The van der Waals surface area contributed by atoms with Crippen LogP contribution in [0.25, 0.3) is 131 Å². The summed E-state index contributed by atoms with van der Waals surface area (Å²) in [6, 6.07) is 39.1. The van der Waals surface area contributed by atoms with Gasteiger partial charge in [0.2, 0.25) is 0 Å². The summed E-state index contributed by atoms with van der Waals surface area (Å²) < 4.78 is 0. The predicted octanol–water partition coefficient (Wildman–Crippen LogP) is 18.5. The molecule has 0 heterocycles. The van der Waals surface area contributed by atoms with Crippen molar-refractivity contribution in [2.75, 3.05) is 0 Å². The van der Waals surface area contributed by atoms with Crippen molar-refractivity contribution in [1.82, 2.24) is 0 Å². The van der Waals surface area contributed by atoms with Crippen molar-refractivity contribution in [3.05, 3.63) is 164 Å². The molecule has 64 heavy (non-hydrogen) atoms. The summed E-state index contributed by atoms with van der Waals surface area (Å²) in [7, 11) is 0. The largest absolute Gasteiger partial charge is 0.0557 e. The van der Waals surface area contributed by atoms with Crippen LogP contribution >= 0.6 is 0 Å². The third-order valence-electron chi connectivity index (χ3n) is 15.7. The molecule has 13 aromatic carbocycles. The van der Waals surface area contributed by atoms with Gasteiger partial charge in [-0.05, 0) is 258 Å². The molecule has 0 aliphatic rings. The van der Waals surface area contributed by atoms with Gasteiger partial charge in [0.15, 0.2) is 0 Å². The van der Waals surface area contributed by atoms with E-state index in [4.69, 9.17) is 0 Å². The Morgan fingerprint density at radius 2 is 0.297 bits per heavy atom. The zero-order chi connectivity index (χ0) is 44.1. The molecule has 13 rings (SSSR count). The molecule has 308 valence electrons. The molecule has 0 unspecified atom stereocenters. The Morgan fingerprint density at radius 1 is 0.172 bits per heavy atom. The van der Waals surface area contributed by atoms with Gasteiger partial charge < -0.3 is 0 Å². The van der Waals surface area contributed by atoms with E-state index in [1.54, 1.807) is 0 Å². The van der Waals surface area contributed by atoms with E-state index in [-0.39, 0.29) is 0 Å². The fourth-order valence-electron chi connectivity index (χ4n) is 14.1. The van der Waals surface area contributed by atoms with Gasteiger partial charge >= 0.3 is 0 Å². The summed E-state index contributed by atoms with van der Waals surface area (Å²) in [6.07, 6.45) is 0. The first-order valence-electron chi connectivity index (χ1n) is 23.3. The molecule has 0 N–H and O–H groups in total. The Bertz CT molecular complexity index is 3340. The van der Waals surface area contributed by atoms with Crippen molar-refractivity contribution < 1.29 is 0 Å². The molecule has 0 amide bonds. The standard InChI is InChI=1S/C64H52/c1-29-21-33(5)49(34(6)22-29)53-41-13-15-43-54(50-35(7)23-30(2)24-36(50)8)45-17-19-47-56(52-39(11)27-32(4)28-40(52)12)48-20-18-46-55(51-37(9)25-31(3)26-38(51)10)44-16-14-42(53)58-57(41)59(43)61(45)63(47)64(48)62(46)60(44)58/h13-28H,1-12H3. The van der Waals surface area contributed by atoms with Crippen LogP contribution in [-0.2, 0) is 0 Å². The quantitative estimate of drug-likeness (QED) is 0.166. The molecule has 0 spiro atoms. The highest BCUT2D eigenvalue weighted by Gasteiger charge is 2.33. The van der Waals surface area contributed by atoms with E-state index < -0.39 is 0 Å². The van der Waals surface area contributed by atoms with Gasteiger partial charge in [0.1, 0.15) is 0 Å². The van der Waals surface area contributed by atoms with Crippen molar-refractivity contribution in [2.24, 2.45) is 0 Å². The van der Waals surface area contributed by atoms with Crippen LogP contribution in [0.3, 0.4) is 0 Å². The van der Waals surface area contributed by atoms with Crippen molar-refractivity contribution in [1.29, 1.82) is 0 Å². The number of rotatable bonds is 4. The monoisotopic (exact) mass is 820 g/mol. The topological polar surface area (TPSA) is 0 Å². The highest BCUT2D eigenvalue weighted by Crippen LogP contribution is 2.61. The van der Waals surface area contributed by atoms with Gasteiger partial charge in [-0.3, -0.25) is 0 Å². The summed E-state index contributed by atoms with van der Waals surface area (Å²) in [5.74, 6) is 0. The van der Waals surface area contributed by atoms with Gasteiger partial charge in [-0.15, -0.1) is 0 Å². The van der Waals surface area contributed by atoms with E-state index in [1.807, 2.05) is 0 Å². The maximum Gasteiger partial charge on any atom is -0.000695 e. The Kier molecular flexibility index (Phi) is 7.37. The zero-order valence-electron chi connectivity index (χ0n) is 39.2. The van der Waals surface area contributed by atoms with Crippen LogP contribution in [0.5, 0.6) is 0 Å². The van der Waals surface area contributed by atoms with E-state index in [1.165, 1.54) is 197 Å². The van der Waals surface area contributed by atoms with Gasteiger partial charge in [-0.2, -0.15) is 0 Å². The van der Waals surface area contributed by atoms with Crippen molar-refractivity contribution >= 4 is 86.2 Å². The fraction of sp³-hybridized carbons (Fsp3) is 0.188. The molecule has 0 atom stereocenters. The SMILES string of the molecule is Cc1cc(C)c(-c2c3ccc4c(-c5c(C)cc(C)cc5C)c5ccc6c(-c7c(C)cc(C)cc7C)c7ccc8c(-c9c(C)cc(C)cc9C)c9ccc2c2c3c4c5c6c7c8c92)c(C)c1. The molecule has 0 bridgehead atoms. The van der Waals surface area contributed by atoms with E-state index >= 15 is 0 Å². The molecular formula is C64H52. The van der Waals surface area contributed by atoms with Crippen LogP contribution in [-0.4, -0.2) is 0 Å². The minimum Gasteiger partial charge on any atom is -0.0557 e. The number of hydrogen-bond acceptors (Lipinski definition) is 0. The van der Waals surface area contributed by atoms with Crippen LogP contribution < -0.4 is 0 Å². The van der Waals surface area contributed by atoms with Crippen LogP contribution in [0.15, 0.2) is 97.1 Å². The maximum absolute atomic E-state index is 2.50. The highest BCUT2D eigenvalue weighted by molar-refractivity contribution is 6.54. The molecule has 13 aromatic rings. The molecule has 0 saturated carbocycles.